The zero-order valence-electron chi connectivity index (χ0n) is 6.03. The van der Waals surface area contributed by atoms with Gasteiger partial charge in [-0.25, -0.2) is 0 Å². The van der Waals surface area contributed by atoms with E-state index in [2.05, 4.69) is 10.5 Å². The number of ether oxygens (including phenoxy) is 1. The van der Waals surface area contributed by atoms with Crippen molar-refractivity contribution in [2.24, 2.45) is 5.73 Å². The number of rotatable bonds is 2. The average Bonchev–Trinajstić information content (AvgIpc) is 1.83. The molecule has 1 unspecified atom stereocenters. The third-order valence-corrected chi connectivity index (χ3v) is 1.42. The first-order valence-electron chi connectivity index (χ1n) is 2.67. The Bertz CT molecular complexity index is 168. The fourth-order valence-corrected chi connectivity index (χ4v) is 0.356. The molecule has 66 valence electrons. The van der Waals surface area contributed by atoms with Crippen LogP contribution in [0.5, 0.6) is 0 Å². The second-order valence-electron chi connectivity index (χ2n) is 2.10. The van der Waals surface area contributed by atoms with Gasteiger partial charge in [0.2, 0.25) is 5.60 Å². The van der Waals surface area contributed by atoms with E-state index in [1.165, 1.54) is 0 Å². The number of nitrogens with two attached hydrogens (primary N) is 1. The van der Waals surface area contributed by atoms with Crippen molar-refractivity contribution < 1.29 is 22.7 Å². The minimum Gasteiger partial charge on any atom is -0.367 e. The molecule has 0 saturated carbocycles. The number of hydrogen-bond donors (Lipinski definition) is 1. The zero-order chi connectivity index (χ0) is 9.28. The van der Waals surface area contributed by atoms with E-state index in [0.29, 0.717) is 6.92 Å². The Labute approximate surface area is 61.3 Å². The van der Waals surface area contributed by atoms with E-state index < -0.39 is 17.7 Å². The van der Waals surface area contributed by atoms with Crippen molar-refractivity contribution >= 4 is 5.91 Å². The average molecular weight is 171 g/mol. The molecule has 3 nitrogen and oxygen atoms in total. The predicted molar refractivity (Wildman–Crippen MR) is 30.7 cm³/mol. The SMILES string of the molecule is COC(C)(C(N)=O)C(F)(F)F. The first-order valence-corrected chi connectivity index (χ1v) is 2.67. The number of carbonyl (C=O) groups is 1. The Morgan fingerprint density at radius 2 is 1.82 bits per heavy atom. The van der Waals surface area contributed by atoms with Crippen molar-refractivity contribution in [2.45, 2.75) is 18.7 Å². The Morgan fingerprint density at radius 3 is 1.82 bits per heavy atom. The van der Waals surface area contributed by atoms with Gasteiger partial charge < -0.3 is 10.5 Å². The van der Waals surface area contributed by atoms with Gasteiger partial charge in [0.15, 0.2) is 0 Å². The van der Waals surface area contributed by atoms with E-state index in [0.717, 1.165) is 7.11 Å². The van der Waals surface area contributed by atoms with Crippen molar-refractivity contribution in [1.82, 2.24) is 0 Å². The molecule has 0 spiro atoms. The smallest absolute Gasteiger partial charge is 0.367 e. The fraction of sp³-hybridized carbons (Fsp3) is 0.800. The molecule has 2 N–H and O–H groups in total. The molecule has 0 aliphatic carbocycles. The van der Waals surface area contributed by atoms with E-state index in [1.807, 2.05) is 0 Å². The van der Waals surface area contributed by atoms with Gasteiger partial charge in [-0.15, -0.1) is 0 Å². The molecule has 11 heavy (non-hydrogen) atoms. The second-order valence-corrected chi connectivity index (χ2v) is 2.10. The minimum absolute atomic E-state index is 0.579. The van der Waals surface area contributed by atoms with Crippen LogP contribution < -0.4 is 5.73 Å². The molecule has 0 aliphatic rings. The van der Waals surface area contributed by atoms with Gasteiger partial charge in [0.25, 0.3) is 5.91 Å². The van der Waals surface area contributed by atoms with Gasteiger partial charge in [-0.05, 0) is 6.92 Å². The predicted octanol–water partition coefficient (Wildman–Crippen LogP) is 0.439. The summed E-state index contributed by atoms with van der Waals surface area (Å²) in [6.07, 6.45) is -4.77. The molecule has 0 rings (SSSR count). The lowest BCUT2D eigenvalue weighted by Gasteiger charge is -2.26. The lowest BCUT2D eigenvalue weighted by molar-refractivity contribution is -0.252. The molecule has 0 heterocycles. The third-order valence-electron chi connectivity index (χ3n) is 1.42. The number of hydrogen-bond acceptors (Lipinski definition) is 2. The quantitative estimate of drug-likeness (QED) is 0.655. The molecule has 1 atom stereocenters. The maximum absolute atomic E-state index is 11.9. The van der Waals surface area contributed by atoms with Crippen molar-refractivity contribution in [3.05, 3.63) is 0 Å². The van der Waals surface area contributed by atoms with Crippen LogP contribution >= 0.6 is 0 Å². The number of alkyl halides is 3. The normalized spacial score (nSPS) is 17.5. The Kier molecular flexibility index (Phi) is 2.50. The highest BCUT2D eigenvalue weighted by Gasteiger charge is 2.56. The molecule has 0 aliphatic heterocycles. The lowest BCUT2D eigenvalue weighted by atomic mass is 10.1. The maximum atomic E-state index is 11.9. The maximum Gasteiger partial charge on any atom is 0.426 e. The Balaban J connectivity index is 4.75. The molecule has 0 aromatic heterocycles. The fourth-order valence-electron chi connectivity index (χ4n) is 0.356. The molecular formula is C5H8F3NO2. The van der Waals surface area contributed by atoms with E-state index in [4.69, 9.17) is 0 Å². The molecule has 0 fully saturated rings. The third kappa shape index (κ3) is 1.62. The molecule has 6 heteroatoms. The van der Waals surface area contributed by atoms with Gasteiger partial charge in [0.1, 0.15) is 0 Å². The summed E-state index contributed by atoms with van der Waals surface area (Å²) in [5.41, 5.74) is 1.60. The highest BCUT2D eigenvalue weighted by molar-refractivity contribution is 5.84. The standard InChI is InChI=1S/C5H8F3NO2/c1-4(11-2,3(9)10)5(6,7)8/h1-2H3,(H2,9,10). The van der Waals surface area contributed by atoms with Gasteiger partial charge in [-0.2, -0.15) is 13.2 Å². The van der Waals surface area contributed by atoms with Crippen LogP contribution in [-0.4, -0.2) is 24.8 Å². The number of amides is 1. The van der Waals surface area contributed by atoms with E-state index >= 15 is 0 Å². The van der Waals surface area contributed by atoms with E-state index in [-0.39, 0.29) is 0 Å². The van der Waals surface area contributed by atoms with Crippen molar-refractivity contribution in [3.63, 3.8) is 0 Å². The molecule has 0 bridgehead atoms. The van der Waals surface area contributed by atoms with Gasteiger partial charge in [-0.1, -0.05) is 0 Å². The van der Waals surface area contributed by atoms with Crippen LogP contribution in [0.2, 0.25) is 0 Å². The van der Waals surface area contributed by atoms with Gasteiger partial charge in [0.05, 0.1) is 0 Å². The summed E-state index contributed by atoms with van der Waals surface area (Å²) < 4.78 is 39.8. The molecule has 0 aromatic carbocycles. The van der Waals surface area contributed by atoms with Crippen molar-refractivity contribution in [1.29, 1.82) is 0 Å². The molecule has 0 aromatic rings. The monoisotopic (exact) mass is 171 g/mol. The largest absolute Gasteiger partial charge is 0.426 e. The van der Waals surface area contributed by atoms with Crippen molar-refractivity contribution in [2.75, 3.05) is 7.11 Å². The molecule has 1 amide bonds. The van der Waals surface area contributed by atoms with Crippen LogP contribution in [0.4, 0.5) is 13.2 Å². The summed E-state index contributed by atoms with van der Waals surface area (Å²) in [5, 5.41) is 0. The van der Waals surface area contributed by atoms with E-state index in [1.54, 1.807) is 0 Å². The van der Waals surface area contributed by atoms with Crippen LogP contribution in [0, 0.1) is 0 Å². The number of carbonyl (C=O) groups excluding carboxylic acids is 1. The van der Waals surface area contributed by atoms with E-state index in [9.17, 15) is 18.0 Å². The highest BCUT2D eigenvalue weighted by Crippen LogP contribution is 2.32. The zero-order valence-corrected chi connectivity index (χ0v) is 6.03. The first-order chi connectivity index (χ1) is 4.75. The Hall–Kier alpha value is -0.780. The molecule has 0 radical (unpaired) electrons. The summed E-state index contributed by atoms with van der Waals surface area (Å²) in [4.78, 5) is 10.3. The summed E-state index contributed by atoms with van der Waals surface area (Å²) in [7, 11) is 0.776. The first kappa shape index (κ1) is 10.2. The van der Waals surface area contributed by atoms with Crippen LogP contribution in [0.15, 0.2) is 0 Å². The number of primary amides is 1. The summed E-state index contributed by atoms with van der Waals surface area (Å²) in [6, 6.07) is 0. The lowest BCUT2D eigenvalue weighted by Crippen LogP contribution is -2.54. The minimum atomic E-state index is -4.77. The van der Waals surface area contributed by atoms with Crippen molar-refractivity contribution in [3.8, 4) is 0 Å². The van der Waals surface area contributed by atoms with Gasteiger partial charge in [0, 0.05) is 7.11 Å². The van der Waals surface area contributed by atoms with Gasteiger partial charge in [-0.3, -0.25) is 4.79 Å². The second kappa shape index (κ2) is 2.69. The molecule has 0 saturated heterocycles. The van der Waals surface area contributed by atoms with Gasteiger partial charge >= 0.3 is 6.18 Å². The Morgan fingerprint density at radius 1 is 1.45 bits per heavy atom. The summed E-state index contributed by atoms with van der Waals surface area (Å²) in [5.74, 6) is -1.55. The summed E-state index contributed by atoms with van der Waals surface area (Å²) in [6.45, 7) is 0.579. The number of halogens is 3. The highest BCUT2D eigenvalue weighted by atomic mass is 19.4. The van der Waals surface area contributed by atoms with Crippen LogP contribution in [-0.2, 0) is 9.53 Å². The van der Waals surface area contributed by atoms with Crippen LogP contribution in [0.25, 0.3) is 0 Å². The molecular weight excluding hydrogens is 163 g/mol. The van der Waals surface area contributed by atoms with Crippen LogP contribution in [0.3, 0.4) is 0 Å². The van der Waals surface area contributed by atoms with Crippen LogP contribution in [0.1, 0.15) is 6.92 Å². The number of methoxy groups -OCH3 is 1. The topological polar surface area (TPSA) is 52.3 Å². The summed E-state index contributed by atoms with van der Waals surface area (Å²) >= 11 is 0.